The molecule has 2 aliphatic rings. The number of carbonyl (C=O) groups is 1. The molecule has 14 heavy (non-hydrogen) atoms. The molecular weight excluding hydrogens is 246 g/mol. The quantitative estimate of drug-likeness (QED) is 0.533. The van der Waals surface area contributed by atoms with Crippen LogP contribution in [0.15, 0.2) is 23.6 Å². The highest BCUT2D eigenvalue weighted by atomic mass is 79.9. The zero-order valence-electron chi connectivity index (χ0n) is 8.16. The Bertz CT molecular complexity index is 333. The van der Waals surface area contributed by atoms with E-state index in [0.717, 1.165) is 5.70 Å². The minimum atomic E-state index is -0.00669. The number of ether oxygens (including phenoxy) is 1. The Morgan fingerprint density at radius 2 is 2.43 bits per heavy atom. The van der Waals surface area contributed by atoms with Crippen LogP contribution in [0, 0.1) is 0 Å². The predicted octanol–water partition coefficient (Wildman–Crippen LogP) is 2.15. The van der Waals surface area contributed by atoms with Gasteiger partial charge in [-0.15, -0.1) is 0 Å². The molecule has 1 aliphatic heterocycles. The van der Waals surface area contributed by atoms with E-state index in [2.05, 4.69) is 20.8 Å². The molecule has 2 atom stereocenters. The molecular formula is C10H12BrNO2. The Kier molecular flexibility index (Phi) is 2.39. The Labute approximate surface area is 91.5 Å². The van der Waals surface area contributed by atoms with Gasteiger partial charge in [0.1, 0.15) is 5.76 Å². The van der Waals surface area contributed by atoms with Gasteiger partial charge in [0.15, 0.2) is 12.0 Å². The van der Waals surface area contributed by atoms with Gasteiger partial charge in [0.25, 0.3) is 0 Å². The standard InChI is InChI=1S/C10H12BrNO2/c1-6(11)12-7(2)14-10-5-8(13)3-4-9(10)12/h4-7H,3H2,1-2H3. The second kappa shape index (κ2) is 3.42. The maximum absolute atomic E-state index is 11.2. The summed E-state index contributed by atoms with van der Waals surface area (Å²) >= 11 is 3.51. The first-order chi connectivity index (χ1) is 6.59. The van der Waals surface area contributed by atoms with Gasteiger partial charge in [-0.25, -0.2) is 0 Å². The Morgan fingerprint density at radius 3 is 3.07 bits per heavy atom. The number of ketones is 1. The van der Waals surface area contributed by atoms with Crippen LogP contribution in [0.3, 0.4) is 0 Å². The summed E-state index contributed by atoms with van der Waals surface area (Å²) < 4.78 is 5.58. The van der Waals surface area contributed by atoms with E-state index in [4.69, 9.17) is 4.74 Å². The summed E-state index contributed by atoms with van der Waals surface area (Å²) in [4.78, 5) is 13.5. The topological polar surface area (TPSA) is 29.5 Å². The number of rotatable bonds is 1. The first-order valence-corrected chi connectivity index (χ1v) is 5.55. The number of halogens is 1. The highest BCUT2D eigenvalue weighted by molar-refractivity contribution is 9.09. The average Bonchev–Trinajstić information content (AvgIpc) is 2.39. The number of fused-ring (bicyclic) bond motifs is 1. The van der Waals surface area contributed by atoms with Gasteiger partial charge in [-0.3, -0.25) is 4.79 Å². The fraction of sp³-hybridized carbons (Fsp3) is 0.500. The third-order valence-corrected chi connectivity index (χ3v) is 2.83. The normalized spacial score (nSPS) is 27.8. The van der Waals surface area contributed by atoms with E-state index in [9.17, 15) is 4.79 Å². The maximum atomic E-state index is 11.2. The molecule has 0 amide bonds. The fourth-order valence-electron chi connectivity index (χ4n) is 1.82. The van der Waals surface area contributed by atoms with Crippen LogP contribution in [-0.4, -0.2) is 21.9 Å². The molecule has 0 spiro atoms. The molecule has 1 fully saturated rings. The summed E-state index contributed by atoms with van der Waals surface area (Å²) in [5.41, 5.74) is 1.03. The van der Waals surface area contributed by atoms with Crippen LogP contribution in [-0.2, 0) is 9.53 Å². The Morgan fingerprint density at radius 1 is 1.71 bits per heavy atom. The number of hydrogen-bond acceptors (Lipinski definition) is 3. The van der Waals surface area contributed by atoms with Gasteiger partial charge >= 0.3 is 0 Å². The lowest BCUT2D eigenvalue weighted by molar-refractivity contribution is -0.114. The summed E-state index contributed by atoms with van der Waals surface area (Å²) in [5.74, 6) is 0.820. The summed E-state index contributed by atoms with van der Waals surface area (Å²) in [6.07, 6.45) is 3.98. The van der Waals surface area contributed by atoms with Gasteiger partial charge in [0.05, 0.1) is 10.6 Å². The lowest BCUT2D eigenvalue weighted by Crippen LogP contribution is -2.31. The van der Waals surface area contributed by atoms with Crippen LogP contribution in [0.4, 0.5) is 0 Å². The SMILES string of the molecule is CC(Br)N1C2=CCC(=O)C=C2OC1C. The molecule has 0 N–H and O–H groups in total. The number of alkyl halides is 1. The van der Waals surface area contributed by atoms with E-state index < -0.39 is 0 Å². The van der Waals surface area contributed by atoms with Crippen molar-refractivity contribution >= 4 is 21.7 Å². The third kappa shape index (κ3) is 1.47. The zero-order chi connectivity index (χ0) is 10.3. The molecule has 3 nitrogen and oxygen atoms in total. The summed E-state index contributed by atoms with van der Waals surface area (Å²) in [6.45, 7) is 4.02. The number of nitrogens with zero attached hydrogens (tertiary/aromatic N) is 1. The van der Waals surface area contributed by atoms with Crippen LogP contribution in [0.5, 0.6) is 0 Å². The molecule has 76 valence electrons. The van der Waals surface area contributed by atoms with Crippen molar-refractivity contribution in [2.45, 2.75) is 31.4 Å². The van der Waals surface area contributed by atoms with Crippen molar-refractivity contribution in [2.24, 2.45) is 0 Å². The largest absolute Gasteiger partial charge is 0.469 e. The van der Waals surface area contributed by atoms with Crippen LogP contribution < -0.4 is 0 Å². The van der Waals surface area contributed by atoms with Crippen molar-refractivity contribution in [3.63, 3.8) is 0 Å². The van der Waals surface area contributed by atoms with Crippen LogP contribution >= 0.6 is 15.9 Å². The summed E-state index contributed by atoms with van der Waals surface area (Å²) in [6, 6.07) is 0. The van der Waals surface area contributed by atoms with Gasteiger partial charge < -0.3 is 9.64 Å². The van der Waals surface area contributed by atoms with E-state index in [-0.39, 0.29) is 17.0 Å². The Balaban J connectivity index is 2.33. The van der Waals surface area contributed by atoms with E-state index in [0.29, 0.717) is 12.2 Å². The first-order valence-electron chi connectivity index (χ1n) is 4.63. The number of carbonyl (C=O) groups excluding carboxylic acids is 1. The van der Waals surface area contributed by atoms with E-state index in [1.807, 2.05) is 19.9 Å². The van der Waals surface area contributed by atoms with Crippen molar-refractivity contribution in [2.75, 3.05) is 0 Å². The molecule has 0 aromatic heterocycles. The molecule has 0 radical (unpaired) electrons. The van der Waals surface area contributed by atoms with E-state index in [1.54, 1.807) is 6.08 Å². The van der Waals surface area contributed by atoms with Crippen molar-refractivity contribution < 1.29 is 9.53 Å². The van der Waals surface area contributed by atoms with E-state index in [1.165, 1.54) is 0 Å². The van der Waals surface area contributed by atoms with Crippen molar-refractivity contribution in [3.8, 4) is 0 Å². The monoisotopic (exact) mass is 257 g/mol. The van der Waals surface area contributed by atoms with E-state index >= 15 is 0 Å². The second-order valence-corrected chi connectivity index (χ2v) is 4.79. The van der Waals surface area contributed by atoms with Gasteiger partial charge in [-0.05, 0) is 19.9 Å². The average molecular weight is 258 g/mol. The highest BCUT2D eigenvalue weighted by Crippen LogP contribution is 2.35. The molecule has 0 bridgehead atoms. The molecule has 0 saturated carbocycles. The van der Waals surface area contributed by atoms with Crippen LogP contribution in [0.1, 0.15) is 20.3 Å². The Hall–Kier alpha value is -0.770. The molecule has 2 rings (SSSR count). The maximum Gasteiger partial charge on any atom is 0.170 e. The van der Waals surface area contributed by atoms with Crippen molar-refractivity contribution in [1.29, 1.82) is 0 Å². The highest BCUT2D eigenvalue weighted by Gasteiger charge is 2.34. The molecule has 1 aliphatic carbocycles. The van der Waals surface area contributed by atoms with Gasteiger partial charge in [0.2, 0.25) is 0 Å². The van der Waals surface area contributed by atoms with Gasteiger partial charge in [-0.2, -0.15) is 0 Å². The van der Waals surface area contributed by atoms with Crippen molar-refractivity contribution in [3.05, 3.63) is 23.6 Å². The number of hydrogen-bond donors (Lipinski definition) is 0. The lowest BCUT2D eigenvalue weighted by Gasteiger charge is -2.25. The van der Waals surface area contributed by atoms with Crippen LogP contribution in [0.2, 0.25) is 0 Å². The molecule has 1 heterocycles. The predicted molar refractivity (Wildman–Crippen MR) is 56.6 cm³/mol. The van der Waals surface area contributed by atoms with Crippen LogP contribution in [0.25, 0.3) is 0 Å². The second-order valence-electron chi connectivity index (χ2n) is 3.47. The number of allylic oxidation sites excluding steroid dienone is 2. The lowest BCUT2D eigenvalue weighted by atomic mass is 10.1. The van der Waals surface area contributed by atoms with Gasteiger partial charge in [-0.1, -0.05) is 15.9 Å². The molecule has 2 unspecified atom stereocenters. The summed E-state index contributed by atoms with van der Waals surface area (Å²) in [5, 5.41) is 0. The van der Waals surface area contributed by atoms with Gasteiger partial charge in [0, 0.05) is 12.5 Å². The molecule has 1 saturated heterocycles. The smallest absolute Gasteiger partial charge is 0.170 e. The first kappa shape index (κ1) is 9.77. The minimum Gasteiger partial charge on any atom is -0.469 e. The van der Waals surface area contributed by atoms with Crippen molar-refractivity contribution in [1.82, 2.24) is 4.90 Å². The molecule has 0 aromatic rings. The third-order valence-electron chi connectivity index (χ3n) is 2.39. The minimum absolute atomic E-state index is 0.00669. The summed E-state index contributed by atoms with van der Waals surface area (Å²) in [7, 11) is 0. The molecule has 0 aromatic carbocycles. The zero-order valence-corrected chi connectivity index (χ0v) is 9.74. The molecule has 4 heteroatoms. The fourth-order valence-corrected chi connectivity index (χ4v) is 2.37.